The lowest BCUT2D eigenvalue weighted by Gasteiger charge is -2.10. The Morgan fingerprint density at radius 3 is 2.48 bits per heavy atom. The fraction of sp³-hybridized carbons (Fsp3) is 0.0556. The molecule has 0 saturated heterocycles. The van der Waals surface area contributed by atoms with Gasteiger partial charge in [-0.3, -0.25) is 4.79 Å². The van der Waals surface area contributed by atoms with Crippen LogP contribution in [-0.2, 0) is 9.73 Å². The van der Waals surface area contributed by atoms with E-state index in [9.17, 15) is 9.00 Å². The van der Waals surface area contributed by atoms with Crippen LogP contribution in [0.15, 0.2) is 64.9 Å². The van der Waals surface area contributed by atoms with Gasteiger partial charge in [0.25, 0.3) is 5.91 Å². The summed E-state index contributed by atoms with van der Waals surface area (Å²) >= 11 is 1.61. The van der Waals surface area contributed by atoms with E-state index in [2.05, 4.69) is 5.32 Å². The lowest BCUT2D eigenvalue weighted by atomic mass is 10.1. The Kier molecular flexibility index (Phi) is 4.61. The Morgan fingerprint density at radius 2 is 1.88 bits per heavy atom. The molecule has 128 valence electrons. The first-order valence-electron chi connectivity index (χ1n) is 7.43. The minimum Gasteiger partial charge on any atom is -0.397 e. The maximum Gasteiger partial charge on any atom is 0.255 e. The van der Waals surface area contributed by atoms with Gasteiger partial charge in [-0.25, -0.2) is 8.99 Å². The van der Waals surface area contributed by atoms with Crippen LogP contribution in [0, 0.1) is 4.78 Å². The molecule has 0 aliphatic rings. The number of nitrogen functional groups attached to an aromatic ring is 1. The first-order chi connectivity index (χ1) is 11.8. The molecule has 4 N–H and O–H groups in total. The quantitative estimate of drug-likeness (QED) is 0.597. The standard InChI is InChI=1S/C18H17N3O2S2/c1-25(20,23)14-7-4-12(5-8-14)18(22)21-16-11-13(6-9-15(16)19)17-3-2-10-24-17/h2-11,20H,19H2,1H3,(H,21,22). The van der Waals surface area contributed by atoms with Crippen molar-refractivity contribution in [3.8, 4) is 10.4 Å². The molecule has 1 atom stereocenters. The van der Waals surface area contributed by atoms with Gasteiger partial charge in [-0.2, -0.15) is 0 Å². The third-order valence-corrected chi connectivity index (χ3v) is 5.76. The number of hydrogen-bond acceptors (Lipinski definition) is 5. The van der Waals surface area contributed by atoms with Gasteiger partial charge in [0.05, 0.1) is 21.1 Å². The molecular formula is C18H17N3O2S2. The molecule has 25 heavy (non-hydrogen) atoms. The third-order valence-electron chi connectivity index (χ3n) is 3.67. The second kappa shape index (κ2) is 6.70. The first-order valence-corrected chi connectivity index (χ1v) is 10.3. The van der Waals surface area contributed by atoms with E-state index in [0.29, 0.717) is 21.8 Å². The van der Waals surface area contributed by atoms with Gasteiger partial charge in [0, 0.05) is 21.6 Å². The van der Waals surface area contributed by atoms with Gasteiger partial charge in [-0.15, -0.1) is 11.3 Å². The lowest BCUT2D eigenvalue weighted by molar-refractivity contribution is 0.102. The van der Waals surface area contributed by atoms with Gasteiger partial charge in [0.1, 0.15) is 0 Å². The Morgan fingerprint density at radius 1 is 1.16 bits per heavy atom. The number of rotatable bonds is 4. The normalized spacial score (nSPS) is 13.2. The van der Waals surface area contributed by atoms with Crippen LogP contribution in [0.25, 0.3) is 10.4 Å². The van der Waals surface area contributed by atoms with Crippen LogP contribution in [0.2, 0.25) is 0 Å². The van der Waals surface area contributed by atoms with E-state index < -0.39 is 9.73 Å². The molecule has 0 radical (unpaired) electrons. The number of thiophene rings is 1. The predicted octanol–water partition coefficient (Wildman–Crippen LogP) is 4.29. The smallest absolute Gasteiger partial charge is 0.255 e. The van der Waals surface area contributed by atoms with Crippen molar-refractivity contribution in [1.82, 2.24) is 0 Å². The number of anilines is 2. The van der Waals surface area contributed by atoms with E-state index in [1.165, 1.54) is 18.4 Å². The van der Waals surface area contributed by atoms with Crippen molar-refractivity contribution in [2.45, 2.75) is 4.90 Å². The van der Waals surface area contributed by atoms with Crippen molar-refractivity contribution < 1.29 is 9.00 Å². The van der Waals surface area contributed by atoms with Crippen LogP contribution in [0.1, 0.15) is 10.4 Å². The van der Waals surface area contributed by atoms with E-state index in [0.717, 1.165) is 10.4 Å². The molecule has 1 heterocycles. The minimum absolute atomic E-state index is 0.311. The number of benzene rings is 2. The molecule has 1 aromatic heterocycles. The van der Waals surface area contributed by atoms with Crippen molar-refractivity contribution in [3.63, 3.8) is 0 Å². The summed E-state index contributed by atoms with van der Waals surface area (Å²) < 4.78 is 19.3. The number of hydrogen-bond donors (Lipinski definition) is 3. The monoisotopic (exact) mass is 371 g/mol. The zero-order valence-corrected chi connectivity index (χ0v) is 15.1. The Hall–Kier alpha value is -2.64. The molecule has 3 rings (SSSR count). The van der Waals surface area contributed by atoms with Gasteiger partial charge < -0.3 is 11.1 Å². The number of nitrogens with one attached hydrogen (secondary N) is 2. The van der Waals surface area contributed by atoms with Crippen LogP contribution >= 0.6 is 11.3 Å². The van der Waals surface area contributed by atoms with E-state index in [4.69, 9.17) is 10.5 Å². The molecule has 0 bridgehead atoms. The average molecular weight is 371 g/mol. The second-order valence-corrected chi connectivity index (χ2v) is 8.71. The molecule has 1 unspecified atom stereocenters. The van der Waals surface area contributed by atoms with Crippen molar-refractivity contribution in [1.29, 1.82) is 4.78 Å². The largest absolute Gasteiger partial charge is 0.397 e. The maximum absolute atomic E-state index is 12.4. The van der Waals surface area contributed by atoms with Gasteiger partial charge in [-0.1, -0.05) is 12.1 Å². The summed E-state index contributed by atoms with van der Waals surface area (Å²) in [6.45, 7) is 0. The highest BCUT2D eigenvalue weighted by molar-refractivity contribution is 7.91. The summed E-state index contributed by atoms with van der Waals surface area (Å²) in [6, 6.07) is 15.7. The highest BCUT2D eigenvalue weighted by atomic mass is 32.2. The molecule has 3 aromatic rings. The van der Waals surface area contributed by atoms with Crippen molar-refractivity contribution >= 4 is 38.3 Å². The van der Waals surface area contributed by atoms with E-state index in [-0.39, 0.29) is 5.91 Å². The Bertz CT molecular complexity index is 1010. The lowest BCUT2D eigenvalue weighted by Crippen LogP contribution is -2.13. The third kappa shape index (κ3) is 3.89. The predicted molar refractivity (Wildman–Crippen MR) is 104 cm³/mol. The summed E-state index contributed by atoms with van der Waals surface area (Å²) in [5, 5.41) is 4.80. The van der Waals surface area contributed by atoms with Crippen LogP contribution in [0.3, 0.4) is 0 Å². The molecule has 0 aliphatic heterocycles. The van der Waals surface area contributed by atoms with Gasteiger partial charge in [-0.05, 0) is 53.4 Å². The van der Waals surface area contributed by atoms with Gasteiger partial charge >= 0.3 is 0 Å². The molecule has 0 aliphatic carbocycles. The zero-order chi connectivity index (χ0) is 18.0. The molecular weight excluding hydrogens is 354 g/mol. The fourth-order valence-corrected chi connectivity index (χ4v) is 3.70. The zero-order valence-electron chi connectivity index (χ0n) is 13.5. The minimum atomic E-state index is -2.79. The molecule has 0 saturated carbocycles. The number of carbonyl (C=O) groups is 1. The summed E-state index contributed by atoms with van der Waals surface area (Å²) in [4.78, 5) is 13.9. The van der Waals surface area contributed by atoms with E-state index >= 15 is 0 Å². The van der Waals surface area contributed by atoms with Crippen LogP contribution in [0.5, 0.6) is 0 Å². The number of carbonyl (C=O) groups excluding carboxylic acids is 1. The van der Waals surface area contributed by atoms with Crippen molar-refractivity contribution in [2.75, 3.05) is 17.3 Å². The first kappa shape index (κ1) is 17.2. The van der Waals surface area contributed by atoms with Crippen LogP contribution in [0.4, 0.5) is 11.4 Å². The topological polar surface area (TPSA) is 96.0 Å². The Labute approximate surface area is 150 Å². The average Bonchev–Trinajstić information content (AvgIpc) is 3.10. The number of amides is 1. The molecule has 0 fully saturated rings. The SMILES string of the molecule is CS(=N)(=O)c1ccc(C(=O)Nc2cc(-c3cccs3)ccc2N)cc1. The van der Waals surface area contributed by atoms with E-state index in [1.807, 2.05) is 29.6 Å². The molecule has 5 nitrogen and oxygen atoms in total. The Balaban J connectivity index is 1.84. The summed E-state index contributed by atoms with van der Waals surface area (Å²) in [7, 11) is -2.79. The van der Waals surface area contributed by atoms with E-state index in [1.54, 1.807) is 29.5 Å². The van der Waals surface area contributed by atoms with Crippen LogP contribution < -0.4 is 11.1 Å². The fourth-order valence-electron chi connectivity index (χ4n) is 2.32. The molecule has 2 aromatic carbocycles. The maximum atomic E-state index is 12.4. The summed E-state index contributed by atoms with van der Waals surface area (Å²) in [5.74, 6) is -0.311. The van der Waals surface area contributed by atoms with Crippen molar-refractivity contribution in [3.05, 3.63) is 65.5 Å². The number of nitrogens with two attached hydrogens (primary N) is 1. The van der Waals surface area contributed by atoms with Gasteiger partial charge in [0.2, 0.25) is 0 Å². The second-order valence-electron chi connectivity index (χ2n) is 5.60. The van der Waals surface area contributed by atoms with Gasteiger partial charge in [0.15, 0.2) is 0 Å². The highest BCUT2D eigenvalue weighted by Crippen LogP contribution is 2.30. The summed E-state index contributed by atoms with van der Waals surface area (Å²) in [6.07, 6.45) is 1.35. The summed E-state index contributed by atoms with van der Waals surface area (Å²) in [5.41, 5.74) is 8.39. The molecule has 7 heteroatoms. The molecule has 1 amide bonds. The van der Waals surface area contributed by atoms with Crippen molar-refractivity contribution in [2.24, 2.45) is 0 Å². The molecule has 0 spiro atoms. The van der Waals surface area contributed by atoms with Crippen LogP contribution in [-0.4, -0.2) is 16.4 Å². The highest BCUT2D eigenvalue weighted by Gasteiger charge is 2.11.